The molecule has 0 aliphatic carbocycles. The van der Waals surface area contributed by atoms with Gasteiger partial charge in [0.15, 0.2) is 0 Å². The maximum absolute atomic E-state index is 5.76. The van der Waals surface area contributed by atoms with Crippen molar-refractivity contribution < 1.29 is 4.74 Å². The van der Waals surface area contributed by atoms with E-state index in [1.165, 1.54) is 4.88 Å². The number of nitrogens with one attached hydrogen (secondary N) is 1. The highest BCUT2D eigenvalue weighted by Gasteiger charge is 2.04. The van der Waals surface area contributed by atoms with Crippen molar-refractivity contribution in [2.24, 2.45) is 0 Å². The highest BCUT2D eigenvalue weighted by Crippen LogP contribution is 2.13. The molecule has 0 saturated carbocycles. The molecular weight excluding hydrogens is 220 g/mol. The average molecular weight is 242 g/mol. The van der Waals surface area contributed by atoms with E-state index in [1.807, 2.05) is 5.51 Å². The molecule has 1 rings (SSSR count). The monoisotopic (exact) mass is 242 g/mol. The number of ether oxygens (including phenoxy) is 1. The van der Waals surface area contributed by atoms with Gasteiger partial charge in [0.05, 0.1) is 23.9 Å². The predicted octanol–water partition coefficient (Wildman–Crippen LogP) is 2.40. The smallest absolute Gasteiger partial charge is 0.0797 e. The van der Waals surface area contributed by atoms with Gasteiger partial charge >= 0.3 is 0 Å². The van der Waals surface area contributed by atoms with Gasteiger partial charge in [-0.25, -0.2) is 4.98 Å². The van der Waals surface area contributed by atoms with Crippen LogP contribution >= 0.6 is 11.3 Å². The molecule has 4 heteroatoms. The Labute approximate surface area is 102 Å². The fourth-order valence-corrected chi connectivity index (χ4v) is 2.25. The van der Waals surface area contributed by atoms with Crippen molar-refractivity contribution in [3.63, 3.8) is 0 Å². The summed E-state index contributed by atoms with van der Waals surface area (Å²) in [6.07, 6.45) is 2.41. The number of hydrogen-bond donors (Lipinski definition) is 1. The van der Waals surface area contributed by atoms with Crippen LogP contribution < -0.4 is 5.32 Å². The Morgan fingerprint density at radius 2 is 2.38 bits per heavy atom. The Hall–Kier alpha value is -0.450. The molecule has 1 aromatic rings. The molecule has 0 aliphatic heterocycles. The molecule has 0 amide bonds. The molecule has 3 nitrogen and oxygen atoms in total. The van der Waals surface area contributed by atoms with Crippen molar-refractivity contribution in [1.29, 1.82) is 0 Å². The average Bonchev–Trinajstić information content (AvgIpc) is 2.65. The quantitative estimate of drug-likeness (QED) is 0.711. The van der Waals surface area contributed by atoms with Crippen molar-refractivity contribution in [2.45, 2.75) is 39.7 Å². The first-order valence-corrected chi connectivity index (χ1v) is 6.83. The summed E-state index contributed by atoms with van der Waals surface area (Å²) in [4.78, 5) is 5.57. The number of aryl methyl sites for hydroxylation is 1. The number of rotatable bonds is 8. The fraction of sp³-hybridized carbons (Fsp3) is 0.750. The lowest BCUT2D eigenvalue weighted by atomic mass is 10.2. The number of aromatic nitrogens is 1. The van der Waals surface area contributed by atoms with Crippen molar-refractivity contribution in [3.8, 4) is 0 Å². The van der Waals surface area contributed by atoms with E-state index in [-0.39, 0.29) is 0 Å². The molecule has 0 aliphatic rings. The highest BCUT2D eigenvalue weighted by atomic mass is 32.1. The van der Waals surface area contributed by atoms with Crippen molar-refractivity contribution in [3.05, 3.63) is 16.1 Å². The second-order valence-corrected chi connectivity index (χ2v) is 4.87. The molecule has 1 unspecified atom stereocenters. The zero-order valence-electron chi connectivity index (χ0n) is 10.5. The molecule has 0 spiro atoms. The first-order chi connectivity index (χ1) is 7.74. The van der Waals surface area contributed by atoms with Crippen LogP contribution in [0.4, 0.5) is 0 Å². The van der Waals surface area contributed by atoms with E-state index in [2.05, 4.69) is 31.1 Å². The van der Waals surface area contributed by atoms with Gasteiger partial charge < -0.3 is 10.1 Å². The van der Waals surface area contributed by atoms with Gasteiger partial charge in [-0.05, 0) is 33.4 Å². The molecule has 0 aromatic carbocycles. The second kappa shape index (κ2) is 7.76. The third-order valence-corrected chi connectivity index (χ3v) is 3.55. The SMILES string of the molecule is CCNCCC(C)OCCc1scnc1C. The first kappa shape index (κ1) is 13.6. The Morgan fingerprint density at radius 3 is 3.00 bits per heavy atom. The van der Waals surface area contributed by atoms with Crippen LogP contribution in [0, 0.1) is 6.92 Å². The fourth-order valence-electron chi connectivity index (χ4n) is 1.48. The summed E-state index contributed by atoms with van der Waals surface area (Å²) < 4.78 is 5.76. The molecule has 0 bridgehead atoms. The van der Waals surface area contributed by atoms with Crippen LogP contribution in [0.25, 0.3) is 0 Å². The Balaban J connectivity index is 2.08. The Kier molecular flexibility index (Phi) is 6.61. The van der Waals surface area contributed by atoms with Crippen molar-refractivity contribution in [1.82, 2.24) is 10.3 Å². The van der Waals surface area contributed by atoms with Crippen LogP contribution in [0.15, 0.2) is 5.51 Å². The predicted molar refractivity (Wildman–Crippen MR) is 69.1 cm³/mol. The molecule has 0 saturated heterocycles. The van der Waals surface area contributed by atoms with Gasteiger partial charge in [-0.3, -0.25) is 0 Å². The highest BCUT2D eigenvalue weighted by molar-refractivity contribution is 7.09. The van der Waals surface area contributed by atoms with Gasteiger partial charge in [-0.2, -0.15) is 0 Å². The molecule has 0 radical (unpaired) electrons. The molecule has 1 N–H and O–H groups in total. The zero-order chi connectivity index (χ0) is 11.8. The van der Waals surface area contributed by atoms with Gasteiger partial charge in [0.25, 0.3) is 0 Å². The Bertz CT molecular complexity index is 288. The van der Waals surface area contributed by atoms with Crippen LogP contribution in [0.5, 0.6) is 0 Å². The van der Waals surface area contributed by atoms with E-state index in [0.29, 0.717) is 6.10 Å². The number of thiazole rings is 1. The molecule has 1 heterocycles. The van der Waals surface area contributed by atoms with Gasteiger partial charge in [0.2, 0.25) is 0 Å². The minimum atomic E-state index is 0.340. The van der Waals surface area contributed by atoms with Crippen LogP contribution in [0.3, 0.4) is 0 Å². The third kappa shape index (κ3) is 5.05. The maximum atomic E-state index is 5.76. The molecule has 1 aromatic heterocycles. The van der Waals surface area contributed by atoms with Crippen LogP contribution in [-0.4, -0.2) is 30.8 Å². The Morgan fingerprint density at radius 1 is 1.56 bits per heavy atom. The summed E-state index contributed by atoms with van der Waals surface area (Å²) >= 11 is 1.72. The maximum Gasteiger partial charge on any atom is 0.0797 e. The summed E-state index contributed by atoms with van der Waals surface area (Å²) in [6, 6.07) is 0. The topological polar surface area (TPSA) is 34.1 Å². The standard InChI is InChI=1S/C12H22N2OS/c1-4-13-7-5-10(2)15-8-6-12-11(3)14-9-16-12/h9-10,13H,4-8H2,1-3H3. The molecule has 16 heavy (non-hydrogen) atoms. The summed E-state index contributed by atoms with van der Waals surface area (Å²) in [5.41, 5.74) is 3.05. The normalized spacial score (nSPS) is 12.9. The first-order valence-electron chi connectivity index (χ1n) is 5.95. The number of nitrogens with zero attached hydrogens (tertiary/aromatic N) is 1. The second-order valence-electron chi connectivity index (χ2n) is 3.93. The summed E-state index contributed by atoms with van der Waals surface area (Å²) in [6.45, 7) is 9.19. The van der Waals surface area contributed by atoms with Crippen LogP contribution in [0.1, 0.15) is 30.8 Å². The third-order valence-electron chi connectivity index (χ3n) is 2.55. The van der Waals surface area contributed by atoms with E-state index >= 15 is 0 Å². The van der Waals surface area contributed by atoms with E-state index in [4.69, 9.17) is 4.74 Å². The van der Waals surface area contributed by atoms with E-state index in [0.717, 1.165) is 38.2 Å². The molecular formula is C12H22N2OS. The molecule has 92 valence electrons. The lowest BCUT2D eigenvalue weighted by Crippen LogP contribution is -2.20. The van der Waals surface area contributed by atoms with E-state index in [9.17, 15) is 0 Å². The van der Waals surface area contributed by atoms with E-state index < -0.39 is 0 Å². The molecule has 1 atom stereocenters. The lowest BCUT2D eigenvalue weighted by Gasteiger charge is -2.12. The summed E-state index contributed by atoms with van der Waals surface area (Å²) in [5.74, 6) is 0. The minimum absolute atomic E-state index is 0.340. The summed E-state index contributed by atoms with van der Waals surface area (Å²) in [5, 5.41) is 3.30. The van der Waals surface area contributed by atoms with Gasteiger partial charge in [0.1, 0.15) is 0 Å². The van der Waals surface area contributed by atoms with Crippen molar-refractivity contribution in [2.75, 3.05) is 19.7 Å². The largest absolute Gasteiger partial charge is 0.378 e. The summed E-state index contributed by atoms with van der Waals surface area (Å²) in [7, 11) is 0. The minimum Gasteiger partial charge on any atom is -0.378 e. The van der Waals surface area contributed by atoms with Gasteiger partial charge in [0, 0.05) is 11.3 Å². The van der Waals surface area contributed by atoms with Crippen LogP contribution in [0.2, 0.25) is 0 Å². The zero-order valence-corrected chi connectivity index (χ0v) is 11.3. The van der Waals surface area contributed by atoms with E-state index in [1.54, 1.807) is 11.3 Å². The molecule has 0 fully saturated rings. The van der Waals surface area contributed by atoms with Gasteiger partial charge in [-0.1, -0.05) is 6.92 Å². The van der Waals surface area contributed by atoms with Crippen molar-refractivity contribution >= 4 is 11.3 Å². The van der Waals surface area contributed by atoms with Gasteiger partial charge in [-0.15, -0.1) is 11.3 Å². The number of hydrogen-bond acceptors (Lipinski definition) is 4. The lowest BCUT2D eigenvalue weighted by molar-refractivity contribution is 0.0630. The van der Waals surface area contributed by atoms with Crippen LogP contribution in [-0.2, 0) is 11.2 Å².